The molecule has 0 radical (unpaired) electrons. The fraction of sp³-hybridized carbons (Fsp3) is 0.0833. The molecule has 4 rings (SSSR count). The Balaban J connectivity index is 1.74. The number of fused-ring (bicyclic) bond motifs is 1. The zero-order valence-corrected chi connectivity index (χ0v) is 19.1. The predicted octanol–water partition coefficient (Wildman–Crippen LogP) is 3.50. The summed E-state index contributed by atoms with van der Waals surface area (Å²) in [4.78, 5) is 15.0. The van der Waals surface area contributed by atoms with Gasteiger partial charge < -0.3 is 19.2 Å². The van der Waals surface area contributed by atoms with Crippen molar-refractivity contribution in [1.29, 1.82) is 0 Å². The second-order valence-corrected chi connectivity index (χ2v) is 8.71. The molecule has 0 aliphatic heterocycles. The molecule has 0 aliphatic rings. The van der Waals surface area contributed by atoms with Gasteiger partial charge in [0.1, 0.15) is 11.1 Å². The summed E-state index contributed by atoms with van der Waals surface area (Å²) < 4.78 is 41.8. The lowest BCUT2D eigenvalue weighted by molar-refractivity contribution is 0.102. The maximum absolute atomic E-state index is 13.0. The number of methoxy groups -OCH3 is 2. The molecule has 34 heavy (non-hydrogen) atoms. The molecule has 9 nitrogen and oxygen atoms in total. The van der Waals surface area contributed by atoms with E-state index in [-0.39, 0.29) is 21.8 Å². The Bertz CT molecular complexity index is 1520. The summed E-state index contributed by atoms with van der Waals surface area (Å²) in [6.07, 6.45) is 0. The fourth-order valence-corrected chi connectivity index (χ4v) is 3.99. The van der Waals surface area contributed by atoms with Gasteiger partial charge in [-0.25, -0.2) is 0 Å². The normalized spacial score (nSPS) is 11.8. The van der Waals surface area contributed by atoms with Crippen LogP contribution in [0.4, 0.5) is 5.69 Å². The molecule has 0 spiro atoms. The lowest BCUT2D eigenvalue weighted by Crippen LogP contribution is -2.27. The Hall–Kier alpha value is -4.31. The largest absolute Gasteiger partial charge is 0.493 e. The number of para-hydroxylation sites is 2. The Kier molecular flexibility index (Phi) is 6.51. The number of nitrogens with zero attached hydrogens (tertiary/aromatic N) is 1. The topological polar surface area (TPSA) is 119 Å². The number of amides is 1. The first-order valence-electron chi connectivity index (χ1n) is 10.1. The van der Waals surface area contributed by atoms with Crippen molar-refractivity contribution in [2.75, 3.05) is 19.5 Å². The van der Waals surface area contributed by atoms with Crippen LogP contribution in [0.1, 0.15) is 10.4 Å². The van der Waals surface area contributed by atoms with Crippen molar-refractivity contribution in [2.45, 2.75) is 4.90 Å². The first-order chi connectivity index (χ1) is 16.4. The standard InChI is InChI=1S/C24H21N3O6S/c1-31-21-13-12-18(15-22(21)32-2)34(29,30)27-26-24-19(14-16-8-6-7-11-20(16)33-24)23(28)25-17-9-4-3-5-10-17/h3-15,27H,1-2H3,(H,25,28)/b26-24+. The average molecular weight is 480 g/mol. The molecule has 2 N–H and O–H groups in total. The first-order valence-corrected chi connectivity index (χ1v) is 11.6. The molecule has 0 saturated carbocycles. The summed E-state index contributed by atoms with van der Waals surface area (Å²) in [6.45, 7) is 0. The maximum Gasteiger partial charge on any atom is 0.276 e. The van der Waals surface area contributed by atoms with Gasteiger partial charge in [-0.15, -0.1) is 5.10 Å². The van der Waals surface area contributed by atoms with Crippen molar-refractivity contribution < 1.29 is 27.1 Å². The number of rotatable bonds is 7. The number of ether oxygens (including phenoxy) is 2. The minimum atomic E-state index is -4.11. The van der Waals surface area contributed by atoms with E-state index in [2.05, 4.69) is 15.2 Å². The molecular formula is C24H21N3O6S. The lowest BCUT2D eigenvalue weighted by Gasteiger charge is -2.10. The number of sulfonamides is 1. The van der Waals surface area contributed by atoms with Crippen LogP contribution >= 0.6 is 0 Å². The fourth-order valence-electron chi connectivity index (χ4n) is 3.17. The van der Waals surface area contributed by atoms with Crippen LogP contribution in [0.15, 0.2) is 93.3 Å². The van der Waals surface area contributed by atoms with Gasteiger partial charge in [-0.2, -0.15) is 13.2 Å². The maximum atomic E-state index is 13.0. The highest BCUT2D eigenvalue weighted by Gasteiger charge is 2.18. The highest BCUT2D eigenvalue weighted by Crippen LogP contribution is 2.29. The van der Waals surface area contributed by atoms with Crippen molar-refractivity contribution in [3.05, 3.63) is 90.0 Å². The quantitative estimate of drug-likeness (QED) is 0.392. The molecule has 1 amide bonds. The molecule has 0 aliphatic carbocycles. The molecule has 1 aromatic heterocycles. The van der Waals surface area contributed by atoms with Crippen LogP contribution in [-0.4, -0.2) is 28.5 Å². The van der Waals surface area contributed by atoms with Crippen LogP contribution in [-0.2, 0) is 10.0 Å². The highest BCUT2D eigenvalue weighted by atomic mass is 32.2. The number of benzene rings is 3. The zero-order chi connectivity index (χ0) is 24.1. The van der Waals surface area contributed by atoms with Crippen LogP contribution in [0.3, 0.4) is 0 Å². The van der Waals surface area contributed by atoms with Gasteiger partial charge in [-0.05, 0) is 36.4 Å². The van der Waals surface area contributed by atoms with E-state index >= 15 is 0 Å². The molecule has 4 aromatic rings. The van der Waals surface area contributed by atoms with Crippen LogP contribution in [0.2, 0.25) is 0 Å². The molecule has 1 heterocycles. The van der Waals surface area contributed by atoms with Crippen molar-refractivity contribution in [1.82, 2.24) is 4.83 Å². The van der Waals surface area contributed by atoms with Gasteiger partial charge in [0.15, 0.2) is 11.5 Å². The second kappa shape index (κ2) is 9.67. The van der Waals surface area contributed by atoms with E-state index in [9.17, 15) is 13.2 Å². The number of hydrogen-bond donors (Lipinski definition) is 2. The van der Waals surface area contributed by atoms with Gasteiger partial charge >= 0.3 is 0 Å². The SMILES string of the molecule is COc1ccc(S(=O)(=O)N/N=c2/oc3ccccc3cc2C(=O)Nc2ccccc2)cc1OC. The molecule has 0 unspecified atom stereocenters. The summed E-state index contributed by atoms with van der Waals surface area (Å²) in [5, 5.41) is 7.34. The highest BCUT2D eigenvalue weighted by molar-refractivity contribution is 7.89. The summed E-state index contributed by atoms with van der Waals surface area (Å²) in [6, 6.07) is 21.6. The Morgan fingerprint density at radius 1 is 0.882 bits per heavy atom. The minimum absolute atomic E-state index is 0.0533. The van der Waals surface area contributed by atoms with Gasteiger partial charge in [-0.1, -0.05) is 36.4 Å². The second-order valence-electron chi connectivity index (χ2n) is 7.05. The summed E-state index contributed by atoms with van der Waals surface area (Å²) in [5.41, 5.74) is 0.856. The van der Waals surface area contributed by atoms with E-state index in [0.29, 0.717) is 22.4 Å². The first kappa shape index (κ1) is 22.9. The number of carbonyl (C=O) groups excluding carboxylic acids is 1. The third-order valence-corrected chi connectivity index (χ3v) is 6.07. The molecule has 0 bridgehead atoms. The van der Waals surface area contributed by atoms with E-state index in [0.717, 1.165) is 0 Å². The van der Waals surface area contributed by atoms with E-state index in [1.165, 1.54) is 32.4 Å². The number of hydrogen-bond acceptors (Lipinski definition) is 7. The van der Waals surface area contributed by atoms with E-state index in [4.69, 9.17) is 13.9 Å². The van der Waals surface area contributed by atoms with Crippen molar-refractivity contribution >= 4 is 32.6 Å². The third kappa shape index (κ3) is 4.86. The van der Waals surface area contributed by atoms with E-state index in [1.807, 2.05) is 6.07 Å². The third-order valence-electron chi connectivity index (χ3n) is 4.86. The Morgan fingerprint density at radius 2 is 1.59 bits per heavy atom. The van der Waals surface area contributed by atoms with Gasteiger partial charge in [-0.3, -0.25) is 4.79 Å². The number of anilines is 1. The molecular weight excluding hydrogens is 458 g/mol. The van der Waals surface area contributed by atoms with E-state index < -0.39 is 15.9 Å². The summed E-state index contributed by atoms with van der Waals surface area (Å²) >= 11 is 0. The summed E-state index contributed by atoms with van der Waals surface area (Å²) in [7, 11) is -1.27. The van der Waals surface area contributed by atoms with Crippen LogP contribution < -0.4 is 25.2 Å². The molecule has 0 atom stereocenters. The molecule has 174 valence electrons. The molecule has 0 saturated heterocycles. The monoisotopic (exact) mass is 479 g/mol. The number of carbonyl (C=O) groups is 1. The smallest absolute Gasteiger partial charge is 0.276 e. The molecule has 3 aromatic carbocycles. The summed E-state index contributed by atoms with van der Waals surface area (Å²) in [5.74, 6) is 0.108. The lowest BCUT2D eigenvalue weighted by atomic mass is 10.1. The van der Waals surface area contributed by atoms with Gasteiger partial charge in [0, 0.05) is 17.1 Å². The van der Waals surface area contributed by atoms with Gasteiger partial charge in [0.2, 0.25) is 5.55 Å². The van der Waals surface area contributed by atoms with Crippen molar-refractivity contribution in [3.8, 4) is 11.5 Å². The number of nitrogens with one attached hydrogen (secondary N) is 2. The van der Waals surface area contributed by atoms with Crippen LogP contribution in [0, 0.1) is 0 Å². The Labute approximate surface area is 195 Å². The van der Waals surface area contributed by atoms with Crippen LogP contribution in [0.5, 0.6) is 11.5 Å². The van der Waals surface area contributed by atoms with Crippen molar-refractivity contribution in [2.24, 2.45) is 5.10 Å². The van der Waals surface area contributed by atoms with Gasteiger partial charge in [0.25, 0.3) is 15.9 Å². The average Bonchev–Trinajstić information content (AvgIpc) is 2.87. The van der Waals surface area contributed by atoms with Gasteiger partial charge in [0.05, 0.1) is 19.1 Å². The molecule has 0 fully saturated rings. The molecule has 10 heteroatoms. The Morgan fingerprint density at radius 3 is 2.32 bits per heavy atom. The van der Waals surface area contributed by atoms with E-state index in [1.54, 1.807) is 54.6 Å². The van der Waals surface area contributed by atoms with Crippen LogP contribution in [0.25, 0.3) is 11.0 Å². The van der Waals surface area contributed by atoms with Crippen molar-refractivity contribution in [3.63, 3.8) is 0 Å². The zero-order valence-electron chi connectivity index (χ0n) is 18.3. The predicted molar refractivity (Wildman–Crippen MR) is 126 cm³/mol. The minimum Gasteiger partial charge on any atom is -0.493 e.